The Labute approximate surface area is 164 Å². The highest BCUT2D eigenvalue weighted by atomic mass is 35.5. The fraction of sp³-hybridized carbons (Fsp3) is 0.450. The van der Waals surface area contributed by atoms with Crippen molar-refractivity contribution in [1.29, 1.82) is 0 Å². The molecule has 1 aromatic carbocycles. The minimum atomic E-state index is -0.153. The number of likely N-dealkylation sites (tertiary alicyclic amines) is 1. The first-order chi connectivity index (χ1) is 12.7. The van der Waals surface area contributed by atoms with Crippen molar-refractivity contribution in [3.05, 3.63) is 51.2 Å². The molecule has 0 aliphatic carbocycles. The summed E-state index contributed by atoms with van der Waals surface area (Å²) in [6, 6.07) is 7.46. The van der Waals surface area contributed by atoms with Crippen molar-refractivity contribution in [1.82, 2.24) is 10.2 Å². The number of thiophene rings is 1. The molecule has 0 radical (unpaired) electrons. The predicted molar refractivity (Wildman–Crippen MR) is 107 cm³/mol. The Morgan fingerprint density at radius 1 is 1.27 bits per heavy atom. The summed E-state index contributed by atoms with van der Waals surface area (Å²) in [6.45, 7) is 2.74. The third-order valence-electron chi connectivity index (χ3n) is 4.87. The number of benzene rings is 1. The summed E-state index contributed by atoms with van der Waals surface area (Å²) in [5, 5.41) is 7.90. The van der Waals surface area contributed by atoms with Gasteiger partial charge in [-0.3, -0.25) is 9.69 Å². The maximum Gasteiger partial charge on any atom is 0.255 e. The second-order valence-corrected chi connectivity index (χ2v) is 7.79. The fourth-order valence-corrected chi connectivity index (χ4v) is 4.35. The van der Waals surface area contributed by atoms with Gasteiger partial charge < -0.3 is 10.1 Å². The Hall–Kier alpha value is -1.56. The standard InChI is InChI=1S/C20H25ClN2O2S/c1-25-19-7-6-16(21)12-17(19)20(24)22-13-18(15-8-11-26-14-15)23-9-4-2-3-5-10-23/h6-8,11-12,14,18H,2-5,9-10,13H2,1H3,(H,22,24). The third kappa shape index (κ3) is 4.78. The Morgan fingerprint density at radius 3 is 2.69 bits per heavy atom. The first kappa shape index (κ1) is 19.2. The fourth-order valence-electron chi connectivity index (χ4n) is 3.47. The van der Waals surface area contributed by atoms with Crippen molar-refractivity contribution >= 4 is 28.8 Å². The third-order valence-corrected chi connectivity index (χ3v) is 5.81. The van der Waals surface area contributed by atoms with Crippen LogP contribution < -0.4 is 10.1 Å². The van der Waals surface area contributed by atoms with E-state index in [1.165, 1.54) is 31.2 Å². The second-order valence-electron chi connectivity index (χ2n) is 6.58. The highest BCUT2D eigenvalue weighted by Crippen LogP contribution is 2.26. The molecule has 0 bridgehead atoms. The normalized spacial score (nSPS) is 16.7. The molecule has 1 fully saturated rings. The van der Waals surface area contributed by atoms with E-state index < -0.39 is 0 Å². The van der Waals surface area contributed by atoms with Crippen molar-refractivity contribution in [2.45, 2.75) is 31.7 Å². The van der Waals surface area contributed by atoms with Crippen molar-refractivity contribution < 1.29 is 9.53 Å². The van der Waals surface area contributed by atoms with Gasteiger partial charge in [-0.2, -0.15) is 11.3 Å². The molecule has 26 heavy (non-hydrogen) atoms. The number of halogens is 1. The maximum atomic E-state index is 12.7. The lowest BCUT2D eigenvalue weighted by Gasteiger charge is -2.30. The van der Waals surface area contributed by atoms with Crippen LogP contribution in [-0.4, -0.2) is 37.6 Å². The zero-order valence-electron chi connectivity index (χ0n) is 15.0. The molecule has 2 heterocycles. The minimum Gasteiger partial charge on any atom is -0.496 e. The second kappa shape index (κ2) is 9.40. The largest absolute Gasteiger partial charge is 0.496 e. The Kier molecular flexibility index (Phi) is 6.94. The van der Waals surface area contributed by atoms with Gasteiger partial charge >= 0.3 is 0 Å². The number of methoxy groups -OCH3 is 1. The van der Waals surface area contributed by atoms with E-state index in [1.54, 1.807) is 36.6 Å². The van der Waals surface area contributed by atoms with Crippen LogP contribution in [0, 0.1) is 0 Å². The number of carbonyl (C=O) groups is 1. The van der Waals surface area contributed by atoms with Crippen molar-refractivity contribution in [3.8, 4) is 5.75 Å². The topological polar surface area (TPSA) is 41.6 Å². The number of nitrogens with one attached hydrogen (secondary N) is 1. The molecule has 140 valence electrons. The zero-order chi connectivity index (χ0) is 18.4. The highest BCUT2D eigenvalue weighted by molar-refractivity contribution is 7.07. The molecule has 6 heteroatoms. The van der Waals surface area contributed by atoms with Crippen LogP contribution in [0.4, 0.5) is 0 Å². The molecule has 1 aliphatic heterocycles. The van der Waals surface area contributed by atoms with Gasteiger partial charge in [0.15, 0.2) is 0 Å². The van der Waals surface area contributed by atoms with Crippen molar-refractivity contribution in [3.63, 3.8) is 0 Å². The maximum absolute atomic E-state index is 12.7. The van der Waals surface area contributed by atoms with Crippen LogP contribution in [0.5, 0.6) is 5.75 Å². The molecular weight excluding hydrogens is 368 g/mol. The van der Waals surface area contributed by atoms with E-state index in [0.29, 0.717) is 22.9 Å². The molecule has 1 amide bonds. The van der Waals surface area contributed by atoms with Gasteiger partial charge in [0.05, 0.1) is 18.7 Å². The van der Waals surface area contributed by atoms with Crippen LogP contribution in [0.2, 0.25) is 5.02 Å². The summed E-state index contributed by atoms with van der Waals surface area (Å²) in [5.41, 5.74) is 1.75. The van der Waals surface area contributed by atoms with Crippen LogP contribution in [0.1, 0.15) is 47.6 Å². The Bertz CT molecular complexity index is 713. The quantitative estimate of drug-likeness (QED) is 0.770. The first-order valence-electron chi connectivity index (χ1n) is 9.07. The van der Waals surface area contributed by atoms with Gasteiger partial charge in [0, 0.05) is 11.6 Å². The van der Waals surface area contributed by atoms with Gasteiger partial charge in [-0.05, 0) is 66.5 Å². The average Bonchev–Trinajstić information content (AvgIpc) is 3.04. The first-order valence-corrected chi connectivity index (χ1v) is 10.4. The van der Waals surface area contributed by atoms with Gasteiger partial charge in [0.2, 0.25) is 0 Å². The molecular formula is C20H25ClN2O2S. The minimum absolute atomic E-state index is 0.153. The molecule has 1 atom stereocenters. The molecule has 0 saturated carbocycles. The molecule has 2 aromatic rings. The SMILES string of the molecule is COc1ccc(Cl)cc1C(=O)NCC(c1ccsc1)N1CCCCCC1. The number of amides is 1. The molecule has 3 rings (SSSR count). The van der Waals surface area contributed by atoms with Gasteiger partial charge in [0.1, 0.15) is 5.75 Å². The Morgan fingerprint density at radius 2 is 2.04 bits per heavy atom. The summed E-state index contributed by atoms with van der Waals surface area (Å²) in [6.07, 6.45) is 5.02. The predicted octanol–water partition coefficient (Wildman–Crippen LogP) is 4.76. The van der Waals surface area contributed by atoms with Crippen LogP contribution >= 0.6 is 22.9 Å². The zero-order valence-corrected chi connectivity index (χ0v) is 16.6. The number of hydrogen-bond acceptors (Lipinski definition) is 4. The summed E-state index contributed by atoms with van der Waals surface area (Å²) in [4.78, 5) is 15.2. The molecule has 0 spiro atoms. The lowest BCUT2D eigenvalue weighted by Crippen LogP contribution is -2.38. The van der Waals surface area contributed by atoms with Gasteiger partial charge in [-0.1, -0.05) is 24.4 Å². The van der Waals surface area contributed by atoms with E-state index in [0.717, 1.165) is 13.1 Å². The average molecular weight is 393 g/mol. The van der Waals surface area contributed by atoms with Gasteiger partial charge in [-0.15, -0.1) is 0 Å². The van der Waals surface area contributed by atoms with Crippen molar-refractivity contribution in [2.24, 2.45) is 0 Å². The lowest BCUT2D eigenvalue weighted by molar-refractivity contribution is 0.0930. The van der Waals surface area contributed by atoms with Gasteiger partial charge in [-0.25, -0.2) is 0 Å². The van der Waals surface area contributed by atoms with Gasteiger partial charge in [0.25, 0.3) is 5.91 Å². The number of rotatable bonds is 6. The van der Waals surface area contributed by atoms with E-state index in [2.05, 4.69) is 27.0 Å². The molecule has 1 N–H and O–H groups in total. The summed E-state index contributed by atoms with van der Waals surface area (Å²) >= 11 is 7.76. The van der Waals surface area contributed by atoms with E-state index in [9.17, 15) is 4.79 Å². The number of hydrogen-bond donors (Lipinski definition) is 1. The summed E-state index contributed by atoms with van der Waals surface area (Å²) in [7, 11) is 1.56. The van der Waals surface area contributed by atoms with E-state index in [-0.39, 0.29) is 11.9 Å². The molecule has 1 aliphatic rings. The monoisotopic (exact) mass is 392 g/mol. The van der Waals surface area contributed by atoms with Crippen LogP contribution in [0.3, 0.4) is 0 Å². The highest BCUT2D eigenvalue weighted by Gasteiger charge is 2.23. The summed E-state index contributed by atoms with van der Waals surface area (Å²) < 4.78 is 5.31. The van der Waals surface area contributed by atoms with Crippen LogP contribution in [-0.2, 0) is 0 Å². The lowest BCUT2D eigenvalue weighted by atomic mass is 10.1. The number of nitrogens with zero attached hydrogens (tertiary/aromatic N) is 1. The molecule has 1 saturated heterocycles. The molecule has 1 aromatic heterocycles. The van der Waals surface area contributed by atoms with Crippen molar-refractivity contribution in [2.75, 3.05) is 26.7 Å². The van der Waals surface area contributed by atoms with Crippen LogP contribution in [0.25, 0.3) is 0 Å². The molecule has 1 unspecified atom stereocenters. The van der Waals surface area contributed by atoms with E-state index in [1.807, 2.05) is 0 Å². The number of ether oxygens (including phenoxy) is 1. The van der Waals surface area contributed by atoms with Crippen LogP contribution in [0.15, 0.2) is 35.0 Å². The summed E-state index contributed by atoms with van der Waals surface area (Å²) in [5.74, 6) is 0.383. The molecule has 4 nitrogen and oxygen atoms in total. The van der Waals surface area contributed by atoms with E-state index >= 15 is 0 Å². The smallest absolute Gasteiger partial charge is 0.255 e. The Balaban J connectivity index is 1.73. The van der Waals surface area contributed by atoms with E-state index in [4.69, 9.17) is 16.3 Å². The number of carbonyl (C=O) groups excluding carboxylic acids is 1.